The van der Waals surface area contributed by atoms with E-state index in [0.29, 0.717) is 25.6 Å². The van der Waals surface area contributed by atoms with Crippen LogP contribution in [0.15, 0.2) is 48.7 Å². The number of hydrogen-bond acceptors (Lipinski definition) is 6. The van der Waals surface area contributed by atoms with Gasteiger partial charge in [0.2, 0.25) is 0 Å². The Bertz CT molecular complexity index is 715. The van der Waals surface area contributed by atoms with Crippen LogP contribution in [0.25, 0.3) is 0 Å². The van der Waals surface area contributed by atoms with Gasteiger partial charge in [-0.05, 0) is 42.8 Å². The zero-order chi connectivity index (χ0) is 19.2. The molecule has 28 heavy (non-hydrogen) atoms. The Balaban J connectivity index is 1.16. The highest BCUT2D eigenvalue weighted by Crippen LogP contribution is 2.21. The topological polar surface area (TPSA) is 55.9 Å². The number of aromatic nitrogens is 1. The van der Waals surface area contributed by atoms with E-state index in [-0.39, 0.29) is 24.1 Å². The summed E-state index contributed by atoms with van der Waals surface area (Å²) >= 11 is 0. The van der Waals surface area contributed by atoms with Crippen molar-refractivity contribution in [3.8, 4) is 5.75 Å². The number of fused-ring (bicyclic) bond motifs is 1. The standard InChI is InChI=1S/C21H26FN3O3/c22-16-5-7-18(8-6-16)26-11-3-10-25-12-19-20(13-25)28-15-17(14-27-19)24-21-4-1-2-9-23-21/h1-2,4-9,17,19-20H,3,10-15H2,(H,23,24)/t19-,20-/m0/s1. The van der Waals surface area contributed by atoms with Crippen LogP contribution in [0.2, 0.25) is 0 Å². The van der Waals surface area contributed by atoms with Gasteiger partial charge < -0.3 is 19.5 Å². The van der Waals surface area contributed by atoms with Crippen molar-refractivity contribution < 1.29 is 18.6 Å². The molecular formula is C21H26FN3O3. The van der Waals surface area contributed by atoms with E-state index in [9.17, 15) is 4.39 Å². The zero-order valence-electron chi connectivity index (χ0n) is 15.8. The molecule has 2 aromatic rings. The molecule has 2 fully saturated rings. The highest BCUT2D eigenvalue weighted by molar-refractivity contribution is 5.34. The fourth-order valence-electron chi connectivity index (χ4n) is 3.60. The number of benzene rings is 1. The monoisotopic (exact) mass is 387 g/mol. The SMILES string of the molecule is Fc1ccc(OCCCN2C[C@@H]3OCC(Nc4ccccn4)CO[C@H]3C2)cc1. The largest absolute Gasteiger partial charge is 0.494 e. The highest BCUT2D eigenvalue weighted by Gasteiger charge is 2.37. The Morgan fingerprint density at radius 2 is 1.82 bits per heavy atom. The molecule has 2 atom stereocenters. The smallest absolute Gasteiger partial charge is 0.126 e. The van der Waals surface area contributed by atoms with Crippen LogP contribution < -0.4 is 10.1 Å². The van der Waals surface area contributed by atoms with Crippen LogP contribution in [0, 0.1) is 5.82 Å². The quantitative estimate of drug-likeness (QED) is 0.737. The molecule has 0 saturated carbocycles. The highest BCUT2D eigenvalue weighted by atomic mass is 19.1. The van der Waals surface area contributed by atoms with Crippen molar-refractivity contribution in [3.63, 3.8) is 0 Å². The fraction of sp³-hybridized carbons (Fsp3) is 0.476. The summed E-state index contributed by atoms with van der Waals surface area (Å²) in [7, 11) is 0. The lowest BCUT2D eigenvalue weighted by atomic mass is 10.3. The Morgan fingerprint density at radius 3 is 2.50 bits per heavy atom. The van der Waals surface area contributed by atoms with E-state index in [4.69, 9.17) is 14.2 Å². The summed E-state index contributed by atoms with van der Waals surface area (Å²) in [5.41, 5.74) is 0. The van der Waals surface area contributed by atoms with E-state index in [2.05, 4.69) is 15.2 Å². The van der Waals surface area contributed by atoms with Crippen LogP contribution >= 0.6 is 0 Å². The molecule has 0 unspecified atom stereocenters. The van der Waals surface area contributed by atoms with Crippen LogP contribution in [-0.4, -0.2) is 67.6 Å². The lowest BCUT2D eigenvalue weighted by molar-refractivity contribution is -0.00461. The molecule has 3 heterocycles. The molecule has 2 saturated heterocycles. The van der Waals surface area contributed by atoms with Crippen molar-refractivity contribution in [1.29, 1.82) is 0 Å². The van der Waals surface area contributed by atoms with Gasteiger partial charge in [0.05, 0.1) is 38.1 Å². The molecule has 2 aliphatic rings. The molecule has 1 N–H and O–H groups in total. The number of nitrogens with one attached hydrogen (secondary N) is 1. The maximum Gasteiger partial charge on any atom is 0.126 e. The summed E-state index contributed by atoms with van der Waals surface area (Å²) in [5, 5.41) is 3.37. The number of halogens is 1. The van der Waals surface area contributed by atoms with Crippen LogP contribution in [0.1, 0.15) is 6.42 Å². The molecule has 1 aromatic heterocycles. The van der Waals surface area contributed by atoms with Crippen molar-refractivity contribution in [3.05, 3.63) is 54.5 Å². The first kappa shape index (κ1) is 19.1. The molecule has 0 bridgehead atoms. The Labute approximate surface area is 164 Å². The number of ether oxygens (including phenoxy) is 3. The summed E-state index contributed by atoms with van der Waals surface area (Å²) in [6, 6.07) is 12.0. The van der Waals surface area contributed by atoms with Crippen LogP contribution in [0.3, 0.4) is 0 Å². The van der Waals surface area contributed by atoms with E-state index >= 15 is 0 Å². The molecule has 1 aromatic carbocycles. The van der Waals surface area contributed by atoms with Gasteiger partial charge in [0.15, 0.2) is 0 Å². The summed E-state index contributed by atoms with van der Waals surface area (Å²) in [5.74, 6) is 1.29. The summed E-state index contributed by atoms with van der Waals surface area (Å²) in [4.78, 5) is 6.65. The second kappa shape index (κ2) is 9.32. The van der Waals surface area contributed by atoms with E-state index in [1.807, 2.05) is 18.2 Å². The van der Waals surface area contributed by atoms with E-state index in [1.165, 1.54) is 12.1 Å². The Morgan fingerprint density at radius 1 is 1.07 bits per heavy atom. The summed E-state index contributed by atoms with van der Waals surface area (Å²) in [6.07, 6.45) is 2.88. The molecule has 7 heteroatoms. The van der Waals surface area contributed by atoms with Crippen LogP contribution in [0.4, 0.5) is 10.2 Å². The normalized spacial score (nSPS) is 23.2. The minimum atomic E-state index is -0.250. The van der Waals surface area contributed by atoms with Gasteiger partial charge in [0.25, 0.3) is 0 Å². The predicted molar refractivity (Wildman–Crippen MR) is 104 cm³/mol. The fourth-order valence-corrected chi connectivity index (χ4v) is 3.60. The molecular weight excluding hydrogens is 361 g/mol. The van der Waals surface area contributed by atoms with Crippen LogP contribution in [0.5, 0.6) is 5.75 Å². The Kier molecular flexibility index (Phi) is 6.36. The second-order valence-corrected chi connectivity index (χ2v) is 7.22. The van der Waals surface area contributed by atoms with Crippen molar-refractivity contribution >= 4 is 5.82 Å². The minimum absolute atomic E-state index is 0.105. The number of likely N-dealkylation sites (tertiary alicyclic amines) is 1. The number of rotatable bonds is 7. The molecule has 150 valence electrons. The molecule has 0 amide bonds. The maximum absolute atomic E-state index is 12.9. The van der Waals surface area contributed by atoms with Crippen molar-refractivity contribution in [1.82, 2.24) is 9.88 Å². The van der Waals surface area contributed by atoms with E-state index < -0.39 is 0 Å². The van der Waals surface area contributed by atoms with Crippen molar-refractivity contribution in [2.75, 3.05) is 44.8 Å². The predicted octanol–water partition coefficient (Wildman–Crippen LogP) is 2.57. The lowest BCUT2D eigenvalue weighted by Gasteiger charge is -2.19. The van der Waals surface area contributed by atoms with Gasteiger partial charge in [-0.3, -0.25) is 4.90 Å². The average Bonchev–Trinajstić information content (AvgIpc) is 3.02. The van der Waals surface area contributed by atoms with Gasteiger partial charge in [0.1, 0.15) is 17.4 Å². The maximum atomic E-state index is 12.9. The lowest BCUT2D eigenvalue weighted by Crippen LogP contribution is -2.31. The van der Waals surface area contributed by atoms with Crippen molar-refractivity contribution in [2.24, 2.45) is 0 Å². The molecule has 0 radical (unpaired) electrons. The van der Waals surface area contributed by atoms with Crippen molar-refractivity contribution in [2.45, 2.75) is 24.7 Å². The number of pyridine rings is 1. The first-order valence-corrected chi connectivity index (χ1v) is 9.78. The molecule has 0 aliphatic carbocycles. The van der Waals surface area contributed by atoms with Crippen LogP contribution in [-0.2, 0) is 9.47 Å². The van der Waals surface area contributed by atoms with E-state index in [0.717, 1.165) is 31.9 Å². The number of hydrogen-bond donors (Lipinski definition) is 1. The third-order valence-electron chi connectivity index (χ3n) is 5.03. The number of nitrogens with zero attached hydrogens (tertiary/aromatic N) is 2. The third kappa shape index (κ3) is 5.19. The van der Waals surface area contributed by atoms with E-state index in [1.54, 1.807) is 18.3 Å². The van der Waals surface area contributed by atoms with Gasteiger partial charge in [-0.2, -0.15) is 0 Å². The summed E-state index contributed by atoms with van der Waals surface area (Å²) < 4.78 is 30.8. The molecule has 4 rings (SSSR count). The van der Waals surface area contributed by atoms with Gasteiger partial charge in [-0.1, -0.05) is 6.07 Å². The molecule has 6 nitrogen and oxygen atoms in total. The van der Waals surface area contributed by atoms with Gasteiger partial charge >= 0.3 is 0 Å². The van der Waals surface area contributed by atoms with Gasteiger partial charge in [-0.15, -0.1) is 0 Å². The van der Waals surface area contributed by atoms with Gasteiger partial charge in [0, 0.05) is 25.8 Å². The average molecular weight is 387 g/mol. The minimum Gasteiger partial charge on any atom is -0.494 e. The third-order valence-corrected chi connectivity index (χ3v) is 5.03. The first-order valence-electron chi connectivity index (χ1n) is 9.78. The second-order valence-electron chi connectivity index (χ2n) is 7.22. The Hall–Kier alpha value is -2.22. The van der Waals surface area contributed by atoms with Gasteiger partial charge in [-0.25, -0.2) is 9.37 Å². The molecule has 0 spiro atoms. The number of anilines is 1. The summed E-state index contributed by atoms with van der Waals surface area (Å²) in [6.45, 7) is 4.50. The molecule has 2 aliphatic heterocycles. The zero-order valence-corrected chi connectivity index (χ0v) is 15.8. The first-order chi connectivity index (χ1) is 13.8.